The Morgan fingerprint density at radius 3 is 1.96 bits per heavy atom. The Morgan fingerprint density at radius 1 is 0.816 bits per heavy atom. The maximum absolute atomic E-state index is 11.7. The Labute approximate surface area is 297 Å². The lowest BCUT2D eigenvalue weighted by Gasteiger charge is -2.42. The van der Waals surface area contributed by atoms with Gasteiger partial charge in [0.1, 0.15) is 0 Å². The Balaban J connectivity index is 1.10. The topological polar surface area (TPSA) is 88.6 Å². The Kier molecular flexibility index (Phi) is 8.77. The molecule has 8 nitrogen and oxygen atoms in total. The van der Waals surface area contributed by atoms with Crippen molar-refractivity contribution in [2.75, 3.05) is 33.9 Å². The SMILES string of the molecule is COc1nc(-c2cccc(-c3cccc(-c4cc5c(c(OC)n4)C(N4CC(C)C4)CC5)c3Cl)c2Cl)cc2c1C(NC[C@@H]1CCC(=O)N1)CC2. The predicted molar refractivity (Wildman–Crippen MR) is 193 cm³/mol. The van der Waals surface area contributed by atoms with Crippen LogP contribution in [0.3, 0.4) is 0 Å². The number of aryl methyl sites for hydroxylation is 2. The maximum Gasteiger partial charge on any atom is 0.220 e. The average Bonchev–Trinajstić information content (AvgIpc) is 3.83. The number of benzene rings is 2. The molecule has 0 spiro atoms. The summed E-state index contributed by atoms with van der Waals surface area (Å²) in [6.45, 7) is 5.27. The van der Waals surface area contributed by atoms with Gasteiger partial charge in [0.25, 0.3) is 0 Å². The van der Waals surface area contributed by atoms with Crippen molar-refractivity contribution in [1.29, 1.82) is 0 Å². The van der Waals surface area contributed by atoms with Gasteiger partial charge in [-0.15, -0.1) is 0 Å². The highest BCUT2D eigenvalue weighted by Gasteiger charge is 2.37. The minimum absolute atomic E-state index is 0.115. The quantitative estimate of drug-likeness (QED) is 0.186. The van der Waals surface area contributed by atoms with Crippen molar-refractivity contribution < 1.29 is 14.3 Å². The minimum Gasteiger partial charge on any atom is -0.481 e. The van der Waals surface area contributed by atoms with Crippen LogP contribution < -0.4 is 20.1 Å². The number of carbonyl (C=O) groups is 1. The molecule has 254 valence electrons. The van der Waals surface area contributed by atoms with Crippen molar-refractivity contribution in [1.82, 2.24) is 25.5 Å². The number of likely N-dealkylation sites (tertiary alicyclic amines) is 1. The number of carbonyl (C=O) groups excluding carboxylic acids is 1. The van der Waals surface area contributed by atoms with Crippen LogP contribution in [0.25, 0.3) is 33.6 Å². The maximum atomic E-state index is 11.7. The Morgan fingerprint density at radius 2 is 1.39 bits per heavy atom. The van der Waals surface area contributed by atoms with Crippen molar-refractivity contribution in [2.45, 2.75) is 63.6 Å². The van der Waals surface area contributed by atoms with Crippen LogP contribution in [0.4, 0.5) is 0 Å². The lowest BCUT2D eigenvalue weighted by molar-refractivity contribution is -0.119. The molecule has 4 aliphatic rings. The van der Waals surface area contributed by atoms with E-state index in [9.17, 15) is 4.79 Å². The third kappa shape index (κ3) is 5.86. The molecular formula is C39H41Cl2N5O3. The molecule has 49 heavy (non-hydrogen) atoms. The molecule has 4 aromatic rings. The van der Waals surface area contributed by atoms with E-state index >= 15 is 0 Å². The highest BCUT2D eigenvalue weighted by atomic mass is 35.5. The molecule has 2 saturated heterocycles. The number of hydrogen-bond donors (Lipinski definition) is 2. The fourth-order valence-corrected chi connectivity index (χ4v) is 8.99. The van der Waals surface area contributed by atoms with Gasteiger partial charge in [0.2, 0.25) is 17.7 Å². The van der Waals surface area contributed by atoms with E-state index in [1.54, 1.807) is 14.2 Å². The number of hydrogen-bond acceptors (Lipinski definition) is 7. The van der Waals surface area contributed by atoms with Gasteiger partial charge in [0, 0.05) is 77.6 Å². The summed E-state index contributed by atoms with van der Waals surface area (Å²) >= 11 is 14.5. The number of rotatable bonds is 9. The van der Waals surface area contributed by atoms with E-state index in [2.05, 4.69) is 34.6 Å². The molecule has 2 aromatic heterocycles. The van der Waals surface area contributed by atoms with E-state index in [1.807, 2.05) is 36.4 Å². The van der Waals surface area contributed by atoms with Crippen LogP contribution in [-0.2, 0) is 17.6 Å². The molecule has 2 aliphatic heterocycles. The van der Waals surface area contributed by atoms with Gasteiger partial charge in [0.15, 0.2) is 0 Å². The van der Waals surface area contributed by atoms with Crippen LogP contribution in [0.15, 0.2) is 48.5 Å². The monoisotopic (exact) mass is 697 g/mol. The molecule has 2 fully saturated rings. The molecule has 2 aliphatic carbocycles. The molecule has 2 aromatic carbocycles. The summed E-state index contributed by atoms with van der Waals surface area (Å²) in [5.74, 6) is 2.15. The zero-order valence-electron chi connectivity index (χ0n) is 28.1. The van der Waals surface area contributed by atoms with Crippen LogP contribution in [-0.4, -0.2) is 60.7 Å². The largest absolute Gasteiger partial charge is 0.481 e. The first-order valence-electron chi connectivity index (χ1n) is 17.3. The zero-order valence-corrected chi connectivity index (χ0v) is 29.6. The van der Waals surface area contributed by atoms with E-state index in [0.29, 0.717) is 34.3 Å². The van der Waals surface area contributed by atoms with Crippen LogP contribution in [0, 0.1) is 5.92 Å². The number of pyridine rings is 2. The van der Waals surface area contributed by atoms with Gasteiger partial charge < -0.3 is 20.1 Å². The van der Waals surface area contributed by atoms with Crippen molar-refractivity contribution in [3.8, 4) is 45.4 Å². The van der Waals surface area contributed by atoms with Crippen LogP contribution in [0.1, 0.15) is 66.9 Å². The zero-order chi connectivity index (χ0) is 33.8. The predicted octanol–water partition coefficient (Wildman–Crippen LogP) is 7.60. The van der Waals surface area contributed by atoms with E-state index in [1.165, 1.54) is 16.7 Å². The number of halogens is 2. The average molecular weight is 699 g/mol. The van der Waals surface area contributed by atoms with Crippen molar-refractivity contribution in [3.63, 3.8) is 0 Å². The molecule has 1 amide bonds. The molecule has 0 saturated carbocycles. The first-order chi connectivity index (χ1) is 23.8. The number of amides is 1. The lowest BCUT2D eigenvalue weighted by atomic mass is 9.96. The normalized spacial score (nSPS) is 21.7. The molecule has 10 heteroatoms. The van der Waals surface area contributed by atoms with Gasteiger partial charge in [-0.1, -0.05) is 66.5 Å². The van der Waals surface area contributed by atoms with E-state index in [4.69, 9.17) is 42.6 Å². The third-order valence-corrected chi connectivity index (χ3v) is 11.6. The van der Waals surface area contributed by atoms with E-state index < -0.39 is 0 Å². The minimum atomic E-state index is 0.115. The first kappa shape index (κ1) is 32.5. The van der Waals surface area contributed by atoms with Gasteiger partial charge in [-0.05, 0) is 61.3 Å². The molecule has 2 unspecified atom stereocenters. The number of nitrogens with zero attached hydrogens (tertiary/aromatic N) is 3. The van der Waals surface area contributed by atoms with Gasteiger partial charge in [0.05, 0.1) is 35.7 Å². The number of ether oxygens (including phenoxy) is 2. The highest BCUT2D eigenvalue weighted by Crippen LogP contribution is 2.47. The molecule has 2 N–H and O–H groups in total. The van der Waals surface area contributed by atoms with Gasteiger partial charge in [-0.2, -0.15) is 0 Å². The summed E-state index contributed by atoms with van der Waals surface area (Å²) in [5, 5.41) is 7.86. The standard InChI is InChI=1S/C39H41Cl2N5O3/c1-21-19-46(20-21)32-14-11-23-17-31(45-39(49-3)35(23)32)28-9-5-7-26(37(28)41)25-6-4-8-27(36(25)40)30-16-22-10-13-29(34(22)38(44-30)48-2)42-18-24-12-15-33(47)43-24/h4-9,16-17,21,24,29,32,42H,10-15,18-20H2,1-3H3,(H,43,47)/t24-,29?,32?/m0/s1. The molecule has 4 heterocycles. The van der Waals surface area contributed by atoms with E-state index in [-0.39, 0.29) is 18.0 Å². The third-order valence-electron chi connectivity index (χ3n) is 10.7. The van der Waals surface area contributed by atoms with Crippen molar-refractivity contribution in [3.05, 3.63) is 80.8 Å². The molecule has 8 rings (SSSR count). The number of aromatic nitrogens is 2. The fourth-order valence-electron chi connectivity index (χ4n) is 8.34. The van der Waals surface area contributed by atoms with Crippen LogP contribution >= 0.6 is 23.2 Å². The van der Waals surface area contributed by atoms with Gasteiger partial charge in [-0.3, -0.25) is 9.69 Å². The summed E-state index contributed by atoms with van der Waals surface area (Å²) in [4.78, 5) is 24.2. The molecular weight excluding hydrogens is 657 g/mol. The molecule has 0 radical (unpaired) electrons. The van der Waals surface area contributed by atoms with E-state index in [0.717, 1.165) is 96.9 Å². The van der Waals surface area contributed by atoms with Gasteiger partial charge in [-0.25, -0.2) is 9.97 Å². The van der Waals surface area contributed by atoms with Crippen molar-refractivity contribution >= 4 is 29.1 Å². The Bertz CT molecular complexity index is 1940. The summed E-state index contributed by atoms with van der Waals surface area (Å²) in [6, 6.07) is 17.0. The summed E-state index contributed by atoms with van der Waals surface area (Å²) < 4.78 is 11.7. The van der Waals surface area contributed by atoms with Crippen molar-refractivity contribution in [2.24, 2.45) is 5.92 Å². The van der Waals surface area contributed by atoms with Gasteiger partial charge >= 0.3 is 0 Å². The smallest absolute Gasteiger partial charge is 0.220 e. The highest BCUT2D eigenvalue weighted by molar-refractivity contribution is 6.39. The summed E-state index contributed by atoms with van der Waals surface area (Å²) in [6.07, 6.45) is 5.37. The van der Waals surface area contributed by atoms with Crippen LogP contribution in [0.5, 0.6) is 11.8 Å². The second-order valence-corrected chi connectivity index (χ2v) is 14.7. The summed E-state index contributed by atoms with van der Waals surface area (Å²) in [5.41, 5.74) is 9.66. The second kappa shape index (κ2) is 13.2. The molecule has 3 atom stereocenters. The first-order valence-corrected chi connectivity index (χ1v) is 18.1. The summed E-state index contributed by atoms with van der Waals surface area (Å²) in [7, 11) is 3.37. The number of methoxy groups -OCH3 is 2. The van der Waals surface area contributed by atoms with Crippen LogP contribution in [0.2, 0.25) is 10.0 Å². The number of fused-ring (bicyclic) bond motifs is 2. The number of nitrogens with one attached hydrogen (secondary N) is 2. The fraction of sp³-hybridized carbons (Fsp3) is 0.410. The lowest BCUT2D eigenvalue weighted by Crippen LogP contribution is -2.46. The Hall–Kier alpha value is -3.69. The molecule has 0 bridgehead atoms. The second-order valence-electron chi connectivity index (χ2n) is 13.9.